The zero-order chi connectivity index (χ0) is 14.5. The van der Waals surface area contributed by atoms with Crippen LogP contribution in [0.5, 0.6) is 0 Å². The van der Waals surface area contributed by atoms with Gasteiger partial charge >= 0.3 is 6.09 Å². The maximum absolute atomic E-state index is 11.9. The Labute approximate surface area is 113 Å². The van der Waals surface area contributed by atoms with E-state index in [-0.39, 0.29) is 18.4 Å². The van der Waals surface area contributed by atoms with Gasteiger partial charge < -0.3 is 14.5 Å². The molecule has 0 bridgehead atoms. The van der Waals surface area contributed by atoms with Crippen molar-refractivity contribution in [2.24, 2.45) is 0 Å². The van der Waals surface area contributed by atoms with Gasteiger partial charge in [-0.25, -0.2) is 4.79 Å². The van der Waals surface area contributed by atoms with Crippen LogP contribution < -0.4 is 0 Å². The molecule has 1 heterocycles. The van der Waals surface area contributed by atoms with Gasteiger partial charge in [0.2, 0.25) is 5.91 Å². The van der Waals surface area contributed by atoms with E-state index in [2.05, 4.69) is 0 Å². The first-order valence-corrected chi connectivity index (χ1v) is 6.46. The van der Waals surface area contributed by atoms with Gasteiger partial charge in [-0.3, -0.25) is 4.79 Å². The van der Waals surface area contributed by atoms with Gasteiger partial charge in [0.15, 0.2) is 0 Å². The number of rotatable bonds is 1. The van der Waals surface area contributed by atoms with Gasteiger partial charge in [0.05, 0.1) is 6.07 Å². The molecule has 0 N–H and O–H groups in total. The van der Waals surface area contributed by atoms with E-state index in [1.54, 1.807) is 9.80 Å². The quantitative estimate of drug-likeness (QED) is 0.719. The Hall–Kier alpha value is -1.77. The second-order valence-corrected chi connectivity index (χ2v) is 5.54. The van der Waals surface area contributed by atoms with E-state index in [4.69, 9.17) is 10.00 Å². The van der Waals surface area contributed by atoms with Crippen molar-refractivity contribution in [2.45, 2.75) is 39.2 Å². The lowest BCUT2D eigenvalue weighted by Crippen LogP contribution is -2.40. The highest BCUT2D eigenvalue weighted by molar-refractivity contribution is 5.78. The highest BCUT2D eigenvalue weighted by Crippen LogP contribution is 2.12. The minimum absolute atomic E-state index is 0.105. The first-order valence-electron chi connectivity index (χ1n) is 6.46. The first-order chi connectivity index (χ1) is 8.83. The average molecular weight is 267 g/mol. The van der Waals surface area contributed by atoms with Crippen LogP contribution in [0.1, 0.15) is 33.6 Å². The number of ether oxygens (including phenoxy) is 1. The molecule has 1 aliphatic heterocycles. The fourth-order valence-electron chi connectivity index (χ4n) is 1.86. The van der Waals surface area contributed by atoms with Crippen LogP contribution in [-0.4, -0.2) is 53.6 Å². The SMILES string of the molecule is CC(C)(C)OC(=O)N1CCCN(C(=O)CC#N)CC1. The van der Waals surface area contributed by atoms with Crippen molar-refractivity contribution in [3.8, 4) is 6.07 Å². The van der Waals surface area contributed by atoms with Crippen LogP contribution in [-0.2, 0) is 9.53 Å². The van der Waals surface area contributed by atoms with Crippen molar-refractivity contribution in [1.82, 2.24) is 9.80 Å². The molecule has 0 unspecified atom stereocenters. The number of amides is 2. The molecule has 0 radical (unpaired) electrons. The van der Waals surface area contributed by atoms with Crippen molar-refractivity contribution in [1.29, 1.82) is 5.26 Å². The summed E-state index contributed by atoms with van der Waals surface area (Å²) >= 11 is 0. The van der Waals surface area contributed by atoms with E-state index < -0.39 is 5.60 Å². The second kappa shape index (κ2) is 6.41. The number of hydrogen-bond donors (Lipinski definition) is 0. The Bertz CT molecular complexity index is 382. The molecule has 1 saturated heterocycles. The van der Waals surface area contributed by atoms with E-state index in [0.29, 0.717) is 32.6 Å². The molecule has 106 valence electrons. The van der Waals surface area contributed by atoms with Crippen LogP contribution in [0, 0.1) is 11.3 Å². The summed E-state index contributed by atoms with van der Waals surface area (Å²) in [5.41, 5.74) is -0.514. The minimum Gasteiger partial charge on any atom is -0.444 e. The molecule has 19 heavy (non-hydrogen) atoms. The Morgan fingerprint density at radius 2 is 1.74 bits per heavy atom. The van der Waals surface area contributed by atoms with Gasteiger partial charge in [-0.15, -0.1) is 0 Å². The number of hydrogen-bond acceptors (Lipinski definition) is 4. The zero-order valence-corrected chi connectivity index (χ0v) is 11.8. The van der Waals surface area contributed by atoms with E-state index in [0.717, 1.165) is 0 Å². The van der Waals surface area contributed by atoms with Crippen molar-refractivity contribution in [3.05, 3.63) is 0 Å². The molecule has 6 nitrogen and oxygen atoms in total. The molecule has 0 aromatic carbocycles. The monoisotopic (exact) mass is 267 g/mol. The zero-order valence-electron chi connectivity index (χ0n) is 11.8. The first kappa shape index (κ1) is 15.3. The van der Waals surface area contributed by atoms with Crippen LogP contribution in [0.2, 0.25) is 0 Å². The summed E-state index contributed by atoms with van der Waals surface area (Å²) in [4.78, 5) is 26.8. The maximum atomic E-state index is 11.9. The summed E-state index contributed by atoms with van der Waals surface area (Å²) < 4.78 is 5.31. The number of carbonyl (C=O) groups is 2. The summed E-state index contributed by atoms with van der Waals surface area (Å²) in [6.45, 7) is 7.54. The Balaban J connectivity index is 2.52. The normalized spacial score (nSPS) is 16.5. The molecule has 1 rings (SSSR count). The third-order valence-electron chi connectivity index (χ3n) is 2.73. The topological polar surface area (TPSA) is 73.6 Å². The highest BCUT2D eigenvalue weighted by Gasteiger charge is 2.25. The fraction of sp³-hybridized carbons (Fsp3) is 0.769. The van der Waals surface area contributed by atoms with Gasteiger partial charge in [-0.05, 0) is 27.2 Å². The van der Waals surface area contributed by atoms with Crippen LogP contribution in [0.15, 0.2) is 0 Å². The molecule has 0 aliphatic carbocycles. The predicted molar refractivity (Wildman–Crippen MR) is 69.2 cm³/mol. The van der Waals surface area contributed by atoms with E-state index in [1.807, 2.05) is 26.8 Å². The molecule has 0 aromatic rings. The molecule has 0 atom stereocenters. The molecular weight excluding hydrogens is 246 g/mol. The smallest absolute Gasteiger partial charge is 0.410 e. The fourth-order valence-corrected chi connectivity index (χ4v) is 1.86. The third-order valence-corrected chi connectivity index (χ3v) is 2.73. The molecular formula is C13H21N3O3. The molecule has 2 amide bonds. The van der Waals surface area contributed by atoms with Crippen LogP contribution >= 0.6 is 0 Å². The lowest BCUT2D eigenvalue weighted by atomic mass is 10.2. The van der Waals surface area contributed by atoms with Crippen molar-refractivity contribution < 1.29 is 14.3 Å². The Morgan fingerprint density at radius 1 is 1.16 bits per heavy atom. The van der Waals surface area contributed by atoms with Crippen LogP contribution in [0.3, 0.4) is 0 Å². The average Bonchev–Trinajstić information content (AvgIpc) is 2.52. The van der Waals surface area contributed by atoms with Crippen molar-refractivity contribution in [2.75, 3.05) is 26.2 Å². The summed E-state index contributed by atoms with van der Waals surface area (Å²) in [5.74, 6) is -0.173. The number of nitrogens with zero attached hydrogens (tertiary/aromatic N) is 3. The third kappa shape index (κ3) is 5.16. The molecule has 0 saturated carbocycles. The van der Waals surface area contributed by atoms with E-state index >= 15 is 0 Å². The van der Waals surface area contributed by atoms with Gasteiger partial charge in [0, 0.05) is 26.2 Å². The molecule has 1 aliphatic rings. The number of nitriles is 1. The summed E-state index contributed by atoms with van der Waals surface area (Å²) in [5, 5.41) is 8.52. The van der Waals surface area contributed by atoms with Gasteiger partial charge in [-0.2, -0.15) is 5.26 Å². The Morgan fingerprint density at radius 3 is 2.32 bits per heavy atom. The summed E-state index contributed by atoms with van der Waals surface area (Å²) in [7, 11) is 0. The largest absolute Gasteiger partial charge is 0.444 e. The predicted octanol–water partition coefficient (Wildman–Crippen LogP) is 1.37. The standard InChI is InChI=1S/C13H21N3O3/c1-13(2,3)19-12(18)16-8-4-7-15(9-10-16)11(17)5-6-14/h4-5,7-10H2,1-3H3. The summed E-state index contributed by atoms with van der Waals surface area (Å²) in [6.07, 6.45) is 0.255. The molecule has 0 aromatic heterocycles. The van der Waals surface area contributed by atoms with Crippen LogP contribution in [0.4, 0.5) is 4.79 Å². The summed E-state index contributed by atoms with van der Waals surface area (Å²) in [6, 6.07) is 1.85. The van der Waals surface area contributed by atoms with E-state index in [9.17, 15) is 9.59 Å². The Kier molecular flexibility index (Phi) is 5.16. The molecule has 1 fully saturated rings. The lowest BCUT2D eigenvalue weighted by Gasteiger charge is -2.26. The van der Waals surface area contributed by atoms with Gasteiger partial charge in [-0.1, -0.05) is 0 Å². The van der Waals surface area contributed by atoms with Gasteiger partial charge in [0.25, 0.3) is 0 Å². The van der Waals surface area contributed by atoms with Gasteiger partial charge in [0.1, 0.15) is 12.0 Å². The molecule has 6 heteroatoms. The minimum atomic E-state index is -0.514. The second-order valence-electron chi connectivity index (χ2n) is 5.54. The van der Waals surface area contributed by atoms with Crippen LogP contribution in [0.25, 0.3) is 0 Å². The highest BCUT2D eigenvalue weighted by atomic mass is 16.6. The van der Waals surface area contributed by atoms with E-state index in [1.165, 1.54) is 0 Å². The molecule has 0 spiro atoms. The van der Waals surface area contributed by atoms with Crippen molar-refractivity contribution in [3.63, 3.8) is 0 Å². The lowest BCUT2D eigenvalue weighted by molar-refractivity contribution is -0.130. The number of carbonyl (C=O) groups excluding carboxylic acids is 2. The van der Waals surface area contributed by atoms with Crippen molar-refractivity contribution >= 4 is 12.0 Å². The maximum Gasteiger partial charge on any atom is 0.410 e.